The average Bonchev–Trinajstić information content (AvgIpc) is 2.53. The molecule has 23 heavy (non-hydrogen) atoms. The van der Waals surface area contributed by atoms with E-state index >= 15 is 0 Å². The van der Waals surface area contributed by atoms with Crippen LogP contribution in [0.1, 0.15) is 36.0 Å². The molecule has 1 fully saturated rings. The van der Waals surface area contributed by atoms with E-state index in [0.717, 1.165) is 12.8 Å². The molecule has 0 aliphatic heterocycles. The number of methoxy groups -OCH3 is 1. The lowest BCUT2D eigenvalue weighted by Crippen LogP contribution is -2.49. The normalized spacial score (nSPS) is 21.7. The van der Waals surface area contributed by atoms with E-state index in [0.29, 0.717) is 12.8 Å². The summed E-state index contributed by atoms with van der Waals surface area (Å²) >= 11 is 0. The van der Waals surface area contributed by atoms with Crippen molar-refractivity contribution in [1.29, 1.82) is 0 Å². The summed E-state index contributed by atoms with van der Waals surface area (Å²) in [5.74, 6) is -0.880. The van der Waals surface area contributed by atoms with Crippen LogP contribution in [-0.4, -0.2) is 50.9 Å². The van der Waals surface area contributed by atoms with Crippen molar-refractivity contribution in [2.45, 2.75) is 37.0 Å². The number of nitrogens with zero attached hydrogens (tertiary/aromatic N) is 1. The maximum atomic E-state index is 13.5. The predicted octanol–water partition coefficient (Wildman–Crippen LogP) is 2.26. The molecule has 7 heteroatoms. The Kier molecular flexibility index (Phi) is 5.29. The summed E-state index contributed by atoms with van der Waals surface area (Å²) in [6.07, 6.45) is 4.17. The van der Waals surface area contributed by atoms with E-state index in [2.05, 4.69) is 0 Å². The standard InChI is InChI=1S/C16H22FNO4S/c1-18(13-6-4-5-7-15(13)23(3,20)21)16(19)11-8-9-12(17)14(10-11)22-2/h8-10,13,15H,4-7H2,1-3H3/t13-,15-/m1/s1. The molecule has 128 valence electrons. The Hall–Kier alpha value is -1.63. The largest absolute Gasteiger partial charge is 0.494 e. The highest BCUT2D eigenvalue weighted by molar-refractivity contribution is 7.91. The molecule has 2 rings (SSSR count). The molecule has 0 spiro atoms. The number of carbonyl (C=O) groups is 1. The van der Waals surface area contributed by atoms with Crippen LogP contribution < -0.4 is 4.74 Å². The highest BCUT2D eigenvalue weighted by atomic mass is 32.2. The third-order valence-corrected chi connectivity index (χ3v) is 6.08. The molecule has 0 bridgehead atoms. The number of carbonyl (C=O) groups excluding carboxylic acids is 1. The van der Waals surface area contributed by atoms with Crippen molar-refractivity contribution in [1.82, 2.24) is 4.90 Å². The first-order valence-electron chi connectivity index (χ1n) is 7.55. The minimum absolute atomic E-state index is 0.00689. The SMILES string of the molecule is COc1cc(C(=O)N(C)[C@@H]2CCCC[C@H]2S(C)(=O)=O)ccc1F. The number of rotatable bonds is 4. The number of ether oxygens (including phenoxy) is 1. The van der Waals surface area contributed by atoms with Crippen LogP contribution in [0, 0.1) is 5.82 Å². The fourth-order valence-corrected chi connectivity index (χ4v) is 4.65. The quantitative estimate of drug-likeness (QED) is 0.841. The highest BCUT2D eigenvalue weighted by Crippen LogP contribution is 2.29. The van der Waals surface area contributed by atoms with Gasteiger partial charge in [-0.25, -0.2) is 12.8 Å². The van der Waals surface area contributed by atoms with Gasteiger partial charge in [-0.05, 0) is 31.0 Å². The summed E-state index contributed by atoms with van der Waals surface area (Å²) in [6, 6.07) is 3.54. The number of amides is 1. The van der Waals surface area contributed by atoms with Gasteiger partial charge in [0.1, 0.15) is 0 Å². The van der Waals surface area contributed by atoms with Gasteiger partial charge < -0.3 is 9.64 Å². The molecule has 1 saturated carbocycles. The van der Waals surface area contributed by atoms with E-state index in [1.807, 2.05) is 0 Å². The first-order valence-corrected chi connectivity index (χ1v) is 9.50. The van der Waals surface area contributed by atoms with Crippen LogP contribution >= 0.6 is 0 Å². The summed E-state index contributed by atoms with van der Waals surface area (Å²) in [5, 5.41) is -0.549. The minimum Gasteiger partial charge on any atom is -0.494 e. The van der Waals surface area contributed by atoms with Gasteiger partial charge in [-0.2, -0.15) is 0 Å². The van der Waals surface area contributed by atoms with E-state index in [1.165, 1.54) is 36.5 Å². The zero-order valence-corrected chi connectivity index (χ0v) is 14.4. The van der Waals surface area contributed by atoms with Gasteiger partial charge in [-0.15, -0.1) is 0 Å². The summed E-state index contributed by atoms with van der Waals surface area (Å²) in [6.45, 7) is 0. The molecule has 0 unspecified atom stereocenters. The van der Waals surface area contributed by atoms with Gasteiger partial charge >= 0.3 is 0 Å². The number of halogens is 1. The Morgan fingerprint density at radius 1 is 1.30 bits per heavy atom. The lowest BCUT2D eigenvalue weighted by atomic mass is 9.93. The van der Waals surface area contributed by atoms with Crippen LogP contribution in [0.15, 0.2) is 18.2 Å². The number of benzene rings is 1. The van der Waals surface area contributed by atoms with Crippen LogP contribution in [0.5, 0.6) is 5.75 Å². The molecule has 0 N–H and O–H groups in total. The minimum atomic E-state index is -3.23. The Bertz CT molecular complexity index is 689. The predicted molar refractivity (Wildman–Crippen MR) is 85.9 cm³/mol. The van der Waals surface area contributed by atoms with Gasteiger partial charge in [-0.3, -0.25) is 4.79 Å². The number of hydrogen-bond donors (Lipinski definition) is 0. The van der Waals surface area contributed by atoms with Gasteiger partial charge in [-0.1, -0.05) is 12.8 Å². The lowest BCUT2D eigenvalue weighted by Gasteiger charge is -2.37. The van der Waals surface area contributed by atoms with E-state index in [9.17, 15) is 17.6 Å². The zero-order valence-electron chi connectivity index (χ0n) is 13.6. The second-order valence-corrected chi connectivity index (χ2v) is 8.25. The van der Waals surface area contributed by atoms with Crippen molar-refractivity contribution < 1.29 is 22.3 Å². The monoisotopic (exact) mass is 343 g/mol. The summed E-state index contributed by atoms with van der Waals surface area (Å²) in [7, 11) is -0.300. The van der Waals surface area contributed by atoms with Crippen molar-refractivity contribution in [3.63, 3.8) is 0 Å². The summed E-state index contributed by atoms with van der Waals surface area (Å²) in [4.78, 5) is 14.1. The third kappa shape index (κ3) is 3.83. The molecule has 1 aliphatic rings. The zero-order chi connectivity index (χ0) is 17.2. The maximum Gasteiger partial charge on any atom is 0.254 e. The van der Waals surface area contributed by atoms with Crippen molar-refractivity contribution in [2.24, 2.45) is 0 Å². The summed E-state index contributed by atoms with van der Waals surface area (Å²) < 4.78 is 42.4. The van der Waals surface area contributed by atoms with Crippen LogP contribution in [0.4, 0.5) is 4.39 Å². The number of sulfone groups is 1. The van der Waals surface area contributed by atoms with Gasteiger partial charge in [0.2, 0.25) is 0 Å². The Morgan fingerprint density at radius 2 is 1.96 bits per heavy atom. The van der Waals surface area contributed by atoms with Crippen LogP contribution in [-0.2, 0) is 9.84 Å². The smallest absolute Gasteiger partial charge is 0.254 e. The fraction of sp³-hybridized carbons (Fsp3) is 0.562. The van der Waals surface area contributed by atoms with Crippen LogP contribution in [0.2, 0.25) is 0 Å². The molecule has 0 aromatic heterocycles. The molecule has 1 amide bonds. The maximum absolute atomic E-state index is 13.5. The molecule has 1 aromatic carbocycles. The second kappa shape index (κ2) is 6.86. The first-order chi connectivity index (χ1) is 10.8. The molecule has 0 saturated heterocycles. The molecule has 1 aromatic rings. The fourth-order valence-electron chi connectivity index (χ4n) is 3.17. The molecule has 1 aliphatic carbocycles. The van der Waals surface area contributed by atoms with Gasteiger partial charge in [0.15, 0.2) is 21.4 Å². The third-order valence-electron chi connectivity index (χ3n) is 4.43. The second-order valence-electron chi connectivity index (χ2n) is 5.99. The summed E-state index contributed by atoms with van der Waals surface area (Å²) in [5.41, 5.74) is 0.281. The Labute approximate surface area is 136 Å². The Morgan fingerprint density at radius 3 is 2.57 bits per heavy atom. The lowest BCUT2D eigenvalue weighted by molar-refractivity contribution is 0.0700. The van der Waals surface area contributed by atoms with Crippen LogP contribution in [0.3, 0.4) is 0 Å². The molecular weight excluding hydrogens is 321 g/mol. The van der Waals surface area contributed by atoms with Gasteiger partial charge in [0, 0.05) is 24.9 Å². The van der Waals surface area contributed by atoms with Crippen molar-refractivity contribution >= 4 is 15.7 Å². The molecule has 0 heterocycles. The molecule has 2 atom stereocenters. The van der Waals surface area contributed by atoms with Crippen molar-refractivity contribution in [3.05, 3.63) is 29.6 Å². The highest BCUT2D eigenvalue weighted by Gasteiger charge is 2.37. The molecule has 0 radical (unpaired) electrons. The Balaban J connectivity index is 2.27. The van der Waals surface area contributed by atoms with E-state index in [-0.39, 0.29) is 23.3 Å². The average molecular weight is 343 g/mol. The van der Waals surface area contributed by atoms with E-state index in [4.69, 9.17) is 4.74 Å². The van der Waals surface area contributed by atoms with Crippen LogP contribution in [0.25, 0.3) is 0 Å². The van der Waals surface area contributed by atoms with Crippen molar-refractivity contribution in [2.75, 3.05) is 20.4 Å². The molecular formula is C16H22FNO4S. The first kappa shape index (κ1) is 17.7. The molecule has 5 nitrogen and oxygen atoms in total. The van der Waals surface area contributed by atoms with Crippen molar-refractivity contribution in [3.8, 4) is 5.75 Å². The van der Waals surface area contributed by atoms with Gasteiger partial charge in [0.25, 0.3) is 5.91 Å². The van der Waals surface area contributed by atoms with E-state index < -0.39 is 20.9 Å². The topological polar surface area (TPSA) is 63.7 Å². The van der Waals surface area contributed by atoms with E-state index in [1.54, 1.807) is 7.05 Å². The number of hydrogen-bond acceptors (Lipinski definition) is 4. The van der Waals surface area contributed by atoms with Gasteiger partial charge in [0.05, 0.1) is 12.4 Å².